The van der Waals surface area contributed by atoms with Crippen molar-refractivity contribution in [2.24, 2.45) is 0 Å². The third-order valence-electron chi connectivity index (χ3n) is 8.34. The molecule has 0 aliphatic carbocycles. The Morgan fingerprint density at radius 1 is 1.02 bits per heavy atom. The first kappa shape index (κ1) is 33.8. The van der Waals surface area contributed by atoms with Gasteiger partial charge in [0.25, 0.3) is 0 Å². The van der Waals surface area contributed by atoms with Crippen molar-refractivity contribution in [2.75, 3.05) is 33.4 Å². The molecule has 1 fully saturated rings. The molecule has 4 aromatic rings. The van der Waals surface area contributed by atoms with E-state index < -0.39 is 24.1 Å². The summed E-state index contributed by atoms with van der Waals surface area (Å²) in [7, 11) is 1.48. The molecule has 1 aliphatic rings. The van der Waals surface area contributed by atoms with Gasteiger partial charge in [-0.1, -0.05) is 30.3 Å². The number of benzene rings is 3. The molecule has 1 aromatic heterocycles. The molecular formula is C35H35F4N3O5. The van der Waals surface area contributed by atoms with Crippen molar-refractivity contribution in [1.29, 1.82) is 0 Å². The molecule has 0 spiro atoms. The maximum Gasteiger partial charge on any atom is 0.422 e. The number of likely N-dealkylation sites (tertiary alicyclic amines) is 1. The monoisotopic (exact) mass is 653 g/mol. The molecule has 1 atom stereocenters. The number of hydrogen-bond acceptors (Lipinski definition) is 6. The van der Waals surface area contributed by atoms with Crippen molar-refractivity contribution in [3.05, 3.63) is 101 Å². The summed E-state index contributed by atoms with van der Waals surface area (Å²) in [6.45, 7) is 9.29. The molecule has 12 heteroatoms. The average molecular weight is 654 g/mol. The quantitative estimate of drug-likeness (QED) is 0.109. The fraction of sp³-hybridized carbons (Fsp3) is 0.371. The summed E-state index contributed by atoms with van der Waals surface area (Å²) in [4.78, 5) is 16.9. The number of β-amino-alcohol motifs (C(OH)–C–C–N with tert-alkyl or cyclic N) is 1. The smallest absolute Gasteiger partial charge is 0.422 e. The van der Waals surface area contributed by atoms with E-state index in [1.54, 1.807) is 34.6 Å². The zero-order valence-corrected chi connectivity index (χ0v) is 26.0. The number of ether oxygens (including phenoxy) is 3. The van der Waals surface area contributed by atoms with Gasteiger partial charge in [-0.05, 0) is 61.2 Å². The van der Waals surface area contributed by atoms with Crippen LogP contribution in [0.1, 0.15) is 36.5 Å². The van der Waals surface area contributed by atoms with Gasteiger partial charge >= 0.3 is 12.1 Å². The van der Waals surface area contributed by atoms with Crippen molar-refractivity contribution in [3.63, 3.8) is 0 Å². The second-order valence-electron chi connectivity index (χ2n) is 11.5. The Bertz CT molecular complexity index is 1760. The first-order valence-corrected chi connectivity index (χ1v) is 15.2. The topological polar surface area (TPSA) is 77.5 Å². The number of aromatic nitrogens is 1. The van der Waals surface area contributed by atoms with E-state index in [1.165, 1.54) is 55.8 Å². The molecule has 1 unspecified atom stereocenters. The highest BCUT2D eigenvalue weighted by molar-refractivity contribution is 5.88. The lowest BCUT2D eigenvalue weighted by molar-refractivity contribution is -0.272. The lowest BCUT2D eigenvalue weighted by Gasteiger charge is -2.39. The summed E-state index contributed by atoms with van der Waals surface area (Å²) in [5.74, 6) is 0.0861. The number of fused-ring (bicyclic) bond motifs is 1. The number of alkyl halides is 3. The molecule has 1 N–H and O–H groups in total. The second-order valence-corrected chi connectivity index (χ2v) is 11.5. The zero-order valence-electron chi connectivity index (χ0n) is 26.0. The van der Waals surface area contributed by atoms with E-state index in [-0.39, 0.29) is 61.4 Å². The summed E-state index contributed by atoms with van der Waals surface area (Å²) in [6, 6.07) is 15.1. The van der Waals surface area contributed by atoms with E-state index in [1.807, 2.05) is 0 Å². The van der Waals surface area contributed by atoms with Gasteiger partial charge in [0.15, 0.2) is 17.2 Å². The van der Waals surface area contributed by atoms with Crippen LogP contribution < -0.4 is 9.47 Å². The Labute approximate surface area is 269 Å². The third kappa shape index (κ3) is 7.53. The molecule has 8 nitrogen and oxygen atoms in total. The lowest BCUT2D eigenvalue weighted by Crippen LogP contribution is -2.53. The van der Waals surface area contributed by atoms with Gasteiger partial charge in [-0.15, -0.1) is 0 Å². The van der Waals surface area contributed by atoms with E-state index in [0.29, 0.717) is 41.0 Å². The number of hydrogen-bond donors (Lipinski definition) is 1. The van der Waals surface area contributed by atoms with E-state index >= 15 is 0 Å². The lowest BCUT2D eigenvalue weighted by atomic mass is 9.91. The standard InChI is InChI=1S/C35H35F4N3O5/c1-4-46-33(43)18-24-7-12-31(32(17-24)45-3)47-27-13-15-41(16-14-27)22-34(44,35(37,38)39)29-21-42(20-23-5-8-25(36)9-6-23)30-19-26(40-2)10-11-28(29)30/h5-12,17,19,21,27,44H,4,13-16,18,20,22H2,1,3H3. The first-order valence-electron chi connectivity index (χ1n) is 15.2. The summed E-state index contributed by atoms with van der Waals surface area (Å²) < 4.78 is 76.2. The van der Waals surface area contributed by atoms with E-state index in [0.717, 1.165) is 0 Å². The molecule has 47 heavy (non-hydrogen) atoms. The third-order valence-corrected chi connectivity index (χ3v) is 8.34. The molecule has 1 aliphatic heterocycles. The normalized spacial score (nSPS) is 15.6. The minimum atomic E-state index is -5.02. The Morgan fingerprint density at radius 2 is 1.72 bits per heavy atom. The van der Waals surface area contributed by atoms with Crippen molar-refractivity contribution in [2.45, 2.75) is 50.6 Å². The predicted octanol–water partition coefficient (Wildman–Crippen LogP) is 6.79. The second kappa shape index (κ2) is 14.0. The maximum atomic E-state index is 14.9. The molecule has 3 aromatic carbocycles. The van der Waals surface area contributed by atoms with Crippen LogP contribution in [0.5, 0.6) is 11.5 Å². The number of rotatable bonds is 11. The number of nitrogens with zero attached hydrogens (tertiary/aromatic N) is 3. The van der Waals surface area contributed by atoms with E-state index in [9.17, 15) is 27.5 Å². The number of aliphatic hydroxyl groups is 1. The number of halogens is 4. The van der Waals surface area contributed by atoms with Crippen LogP contribution in [0.15, 0.2) is 66.9 Å². The molecule has 2 heterocycles. The highest BCUT2D eigenvalue weighted by Crippen LogP contribution is 2.44. The van der Waals surface area contributed by atoms with Crippen LogP contribution in [-0.4, -0.2) is 66.2 Å². The SMILES string of the molecule is [C-]#[N+]c1ccc2c(C(O)(CN3CCC(Oc4ccc(CC(=O)OCC)cc4OC)CC3)C(F)(F)F)cn(Cc3ccc(F)cc3)c2c1. The largest absolute Gasteiger partial charge is 0.493 e. The molecule has 5 rings (SSSR count). The molecule has 248 valence electrons. The first-order chi connectivity index (χ1) is 22.4. The maximum absolute atomic E-state index is 14.9. The summed E-state index contributed by atoms with van der Waals surface area (Å²) in [6.07, 6.45) is -3.16. The minimum Gasteiger partial charge on any atom is -0.493 e. The number of carbonyl (C=O) groups excluding carboxylic acids is 1. The van der Waals surface area contributed by atoms with Crippen LogP contribution in [0.3, 0.4) is 0 Å². The number of esters is 1. The van der Waals surface area contributed by atoms with Gasteiger partial charge in [-0.25, -0.2) is 9.24 Å². The van der Waals surface area contributed by atoms with Crippen molar-refractivity contribution < 1.29 is 41.7 Å². The Hall–Kier alpha value is -4.60. The Morgan fingerprint density at radius 3 is 2.36 bits per heavy atom. The van der Waals surface area contributed by atoms with Crippen LogP contribution in [-0.2, 0) is 28.1 Å². The van der Waals surface area contributed by atoms with Gasteiger partial charge in [0.2, 0.25) is 5.60 Å². The number of carbonyl (C=O) groups is 1. The minimum absolute atomic E-state index is 0.0800. The fourth-order valence-electron chi connectivity index (χ4n) is 5.91. The highest BCUT2D eigenvalue weighted by Gasteiger charge is 2.57. The van der Waals surface area contributed by atoms with Crippen molar-refractivity contribution >= 4 is 22.6 Å². The molecule has 1 saturated heterocycles. The van der Waals surface area contributed by atoms with Gasteiger partial charge in [-0.3, -0.25) is 9.69 Å². The predicted molar refractivity (Wildman–Crippen MR) is 167 cm³/mol. The van der Waals surface area contributed by atoms with Crippen LogP contribution in [0, 0.1) is 12.4 Å². The number of piperidine rings is 1. The van der Waals surface area contributed by atoms with E-state index in [4.69, 9.17) is 20.8 Å². The van der Waals surface area contributed by atoms with Gasteiger partial charge in [0.1, 0.15) is 11.9 Å². The van der Waals surface area contributed by atoms with Crippen LogP contribution in [0.4, 0.5) is 23.2 Å². The summed E-state index contributed by atoms with van der Waals surface area (Å²) in [5, 5.41) is 11.7. The molecular weight excluding hydrogens is 618 g/mol. The van der Waals surface area contributed by atoms with Crippen LogP contribution in [0.25, 0.3) is 15.7 Å². The van der Waals surface area contributed by atoms with Gasteiger partial charge < -0.3 is 23.9 Å². The average Bonchev–Trinajstić information content (AvgIpc) is 3.41. The number of methoxy groups -OCH3 is 1. The highest BCUT2D eigenvalue weighted by atomic mass is 19.4. The van der Waals surface area contributed by atoms with Gasteiger partial charge in [0.05, 0.1) is 26.7 Å². The fourth-order valence-corrected chi connectivity index (χ4v) is 5.91. The molecule has 0 saturated carbocycles. The van der Waals surface area contributed by atoms with Crippen molar-refractivity contribution in [3.8, 4) is 11.5 Å². The van der Waals surface area contributed by atoms with E-state index in [2.05, 4.69) is 4.85 Å². The Balaban J connectivity index is 1.34. The molecule has 0 bridgehead atoms. The summed E-state index contributed by atoms with van der Waals surface area (Å²) in [5.41, 5.74) is -1.60. The van der Waals surface area contributed by atoms with Crippen molar-refractivity contribution in [1.82, 2.24) is 9.47 Å². The molecule has 0 amide bonds. The molecule has 0 radical (unpaired) electrons. The van der Waals surface area contributed by atoms with Crippen LogP contribution in [0.2, 0.25) is 0 Å². The zero-order chi connectivity index (χ0) is 33.8. The summed E-state index contributed by atoms with van der Waals surface area (Å²) >= 11 is 0. The van der Waals surface area contributed by atoms with Gasteiger partial charge in [0, 0.05) is 48.8 Å². The van der Waals surface area contributed by atoms with Crippen LogP contribution >= 0.6 is 0 Å². The van der Waals surface area contributed by atoms with Gasteiger partial charge in [-0.2, -0.15) is 13.2 Å². The Kier molecular flexibility index (Phi) is 10.1.